The average Bonchev–Trinajstić information content (AvgIpc) is 2.77. The maximum atomic E-state index is 4.10. The molecule has 5 nitrogen and oxygen atoms in total. The number of nitrogens with one attached hydrogen (secondary N) is 1. The Bertz CT molecular complexity index is 365. The van der Waals surface area contributed by atoms with Crippen LogP contribution in [-0.4, -0.2) is 25.7 Å². The zero-order valence-corrected chi connectivity index (χ0v) is 13.8. The molecule has 0 unspecified atom stereocenters. The molecule has 0 fully saturated rings. The minimum atomic E-state index is 0.0909. The largest absolute Gasteiger partial charge is 0.305 e. The summed E-state index contributed by atoms with van der Waals surface area (Å²) in [7, 11) is 0. The molecule has 0 aliphatic rings. The lowest BCUT2D eigenvalue weighted by molar-refractivity contribution is 0.404. The van der Waals surface area contributed by atoms with Crippen molar-refractivity contribution >= 4 is 0 Å². The molecule has 1 N–H and O–H groups in total. The minimum absolute atomic E-state index is 0.0909. The van der Waals surface area contributed by atoms with Gasteiger partial charge in [-0.25, -0.2) is 4.68 Å². The highest BCUT2D eigenvalue weighted by Crippen LogP contribution is 2.10. The van der Waals surface area contributed by atoms with Gasteiger partial charge in [0.25, 0.3) is 0 Å². The molecular weight excluding hydrogens is 250 g/mol. The Hall–Kier alpha value is -0.970. The van der Waals surface area contributed by atoms with Gasteiger partial charge in [-0.1, -0.05) is 39.5 Å². The Morgan fingerprint density at radius 3 is 2.45 bits per heavy atom. The first-order valence-electron chi connectivity index (χ1n) is 7.88. The van der Waals surface area contributed by atoms with Crippen LogP contribution in [0.4, 0.5) is 0 Å². The smallest absolute Gasteiger partial charge is 0.165 e. The molecule has 1 aromatic rings. The summed E-state index contributed by atoms with van der Waals surface area (Å²) in [6.07, 6.45) is 6.41. The predicted molar refractivity (Wildman–Crippen MR) is 82.3 cm³/mol. The molecule has 0 saturated heterocycles. The third kappa shape index (κ3) is 7.58. The molecule has 0 spiro atoms. The normalized spacial score (nSPS) is 12.3. The van der Waals surface area contributed by atoms with Crippen LogP contribution in [-0.2, 0) is 13.1 Å². The van der Waals surface area contributed by atoms with Gasteiger partial charge in [0.15, 0.2) is 5.82 Å². The van der Waals surface area contributed by atoms with Gasteiger partial charge in [0.2, 0.25) is 0 Å². The van der Waals surface area contributed by atoms with Crippen molar-refractivity contribution in [3.63, 3.8) is 0 Å². The van der Waals surface area contributed by atoms with Crippen LogP contribution in [0.3, 0.4) is 0 Å². The predicted octanol–water partition coefficient (Wildman–Crippen LogP) is 3.17. The second kappa shape index (κ2) is 8.35. The Morgan fingerprint density at radius 2 is 1.80 bits per heavy atom. The van der Waals surface area contributed by atoms with E-state index in [0.29, 0.717) is 0 Å². The number of rotatable bonds is 9. The third-order valence-corrected chi connectivity index (χ3v) is 3.28. The molecule has 0 aromatic carbocycles. The standard InChI is InChI=1S/C15H31N5/c1-13(2)10-8-6-7-9-11-20-14(17-18-19-20)12-16-15(3,4)5/h13,16H,6-12H2,1-5H3. The van der Waals surface area contributed by atoms with E-state index < -0.39 is 0 Å². The molecule has 1 aromatic heterocycles. The van der Waals surface area contributed by atoms with Crippen LogP contribution in [0.15, 0.2) is 0 Å². The van der Waals surface area contributed by atoms with Crippen LogP contribution in [0, 0.1) is 5.92 Å². The van der Waals surface area contributed by atoms with Crippen molar-refractivity contribution in [2.24, 2.45) is 5.92 Å². The van der Waals surface area contributed by atoms with Crippen molar-refractivity contribution in [2.45, 2.75) is 85.4 Å². The quantitative estimate of drug-likeness (QED) is 0.706. The van der Waals surface area contributed by atoms with Gasteiger partial charge < -0.3 is 5.32 Å². The molecule has 0 radical (unpaired) electrons. The summed E-state index contributed by atoms with van der Waals surface area (Å²) in [4.78, 5) is 0. The molecule has 116 valence electrons. The number of hydrogen-bond acceptors (Lipinski definition) is 4. The van der Waals surface area contributed by atoms with E-state index >= 15 is 0 Å². The van der Waals surface area contributed by atoms with Gasteiger partial charge in [-0.3, -0.25) is 0 Å². The highest BCUT2D eigenvalue weighted by atomic mass is 15.5. The van der Waals surface area contributed by atoms with Crippen molar-refractivity contribution in [2.75, 3.05) is 0 Å². The topological polar surface area (TPSA) is 55.6 Å². The monoisotopic (exact) mass is 281 g/mol. The third-order valence-electron chi connectivity index (χ3n) is 3.28. The first-order valence-corrected chi connectivity index (χ1v) is 7.88. The van der Waals surface area contributed by atoms with E-state index in [9.17, 15) is 0 Å². The van der Waals surface area contributed by atoms with Crippen LogP contribution in [0.25, 0.3) is 0 Å². The molecule has 1 heterocycles. The van der Waals surface area contributed by atoms with Crippen molar-refractivity contribution in [3.8, 4) is 0 Å². The maximum Gasteiger partial charge on any atom is 0.165 e. The van der Waals surface area contributed by atoms with Gasteiger partial charge in [0, 0.05) is 12.1 Å². The molecule has 5 heteroatoms. The molecule has 0 saturated carbocycles. The lowest BCUT2D eigenvalue weighted by Crippen LogP contribution is -2.36. The number of nitrogens with zero attached hydrogens (tertiary/aromatic N) is 4. The van der Waals surface area contributed by atoms with Gasteiger partial charge >= 0.3 is 0 Å². The summed E-state index contributed by atoms with van der Waals surface area (Å²) < 4.78 is 1.93. The van der Waals surface area contributed by atoms with E-state index in [-0.39, 0.29) is 5.54 Å². The van der Waals surface area contributed by atoms with Crippen LogP contribution in [0.1, 0.15) is 72.5 Å². The second-order valence-electron chi connectivity index (χ2n) is 7.02. The summed E-state index contributed by atoms with van der Waals surface area (Å²) in [5.41, 5.74) is 0.0909. The molecule has 0 atom stereocenters. The molecule has 0 aliphatic carbocycles. The molecular formula is C15H31N5. The maximum absolute atomic E-state index is 4.10. The van der Waals surface area contributed by atoms with Crippen LogP contribution >= 0.6 is 0 Å². The Morgan fingerprint density at radius 1 is 1.10 bits per heavy atom. The molecule has 0 bridgehead atoms. The fourth-order valence-corrected chi connectivity index (χ4v) is 2.04. The highest BCUT2D eigenvalue weighted by Gasteiger charge is 2.12. The summed E-state index contributed by atoms with van der Waals surface area (Å²) in [5, 5.41) is 15.4. The number of hydrogen-bond donors (Lipinski definition) is 1. The fraction of sp³-hybridized carbons (Fsp3) is 0.933. The van der Waals surface area contributed by atoms with Gasteiger partial charge in [-0.2, -0.15) is 0 Å². The minimum Gasteiger partial charge on any atom is -0.305 e. The zero-order chi connectivity index (χ0) is 15.0. The van der Waals surface area contributed by atoms with Gasteiger partial charge in [0.1, 0.15) is 0 Å². The SMILES string of the molecule is CC(C)CCCCCCn1nnnc1CNC(C)(C)C. The summed E-state index contributed by atoms with van der Waals surface area (Å²) >= 11 is 0. The molecule has 20 heavy (non-hydrogen) atoms. The molecule has 1 rings (SSSR count). The Balaban J connectivity index is 2.22. The van der Waals surface area contributed by atoms with E-state index in [2.05, 4.69) is 55.5 Å². The van der Waals surface area contributed by atoms with Crippen molar-refractivity contribution in [1.29, 1.82) is 0 Å². The Kier molecular flexibility index (Phi) is 7.13. The van der Waals surface area contributed by atoms with E-state index in [1.807, 2.05) is 4.68 Å². The first-order chi connectivity index (χ1) is 9.38. The number of tetrazole rings is 1. The average molecular weight is 281 g/mol. The lowest BCUT2D eigenvalue weighted by atomic mass is 10.0. The lowest BCUT2D eigenvalue weighted by Gasteiger charge is -2.19. The molecule has 0 aliphatic heterocycles. The summed E-state index contributed by atoms with van der Waals surface area (Å²) in [5.74, 6) is 1.76. The van der Waals surface area contributed by atoms with Crippen LogP contribution in [0.5, 0.6) is 0 Å². The van der Waals surface area contributed by atoms with E-state index in [4.69, 9.17) is 0 Å². The van der Waals surface area contributed by atoms with E-state index in [1.54, 1.807) is 0 Å². The van der Waals surface area contributed by atoms with Crippen LogP contribution in [0.2, 0.25) is 0 Å². The summed E-state index contributed by atoms with van der Waals surface area (Å²) in [6.45, 7) is 12.7. The first kappa shape index (κ1) is 17.1. The highest BCUT2D eigenvalue weighted by molar-refractivity contribution is 4.83. The van der Waals surface area contributed by atoms with Crippen molar-refractivity contribution < 1.29 is 0 Å². The second-order valence-corrected chi connectivity index (χ2v) is 7.02. The van der Waals surface area contributed by atoms with Gasteiger partial charge in [-0.05, 0) is 43.5 Å². The van der Waals surface area contributed by atoms with Crippen molar-refractivity contribution in [1.82, 2.24) is 25.5 Å². The summed E-state index contributed by atoms with van der Waals surface area (Å²) in [6, 6.07) is 0. The van der Waals surface area contributed by atoms with Gasteiger partial charge in [-0.15, -0.1) is 5.10 Å². The van der Waals surface area contributed by atoms with E-state index in [0.717, 1.165) is 31.3 Å². The fourth-order valence-electron chi connectivity index (χ4n) is 2.04. The van der Waals surface area contributed by atoms with Crippen molar-refractivity contribution in [3.05, 3.63) is 5.82 Å². The number of aromatic nitrogens is 4. The zero-order valence-electron chi connectivity index (χ0n) is 13.8. The number of aryl methyl sites for hydroxylation is 1. The van der Waals surface area contributed by atoms with E-state index in [1.165, 1.54) is 25.7 Å². The number of unbranched alkanes of at least 4 members (excludes halogenated alkanes) is 3. The Labute approximate surface area is 123 Å². The van der Waals surface area contributed by atoms with Gasteiger partial charge in [0.05, 0.1) is 6.54 Å². The molecule has 0 amide bonds. The van der Waals surface area contributed by atoms with Crippen LogP contribution < -0.4 is 5.32 Å².